The Kier molecular flexibility index (Phi) is 11.1. The largest absolute Gasteiger partial charge is 0.495 e. The minimum absolute atomic E-state index is 0.101. The number of aromatic nitrogens is 4. The van der Waals surface area contributed by atoms with Crippen molar-refractivity contribution < 1.29 is 38.5 Å². The van der Waals surface area contributed by atoms with Crippen molar-refractivity contribution in [1.29, 1.82) is 0 Å². The zero-order valence-electron chi connectivity index (χ0n) is 32.7. The summed E-state index contributed by atoms with van der Waals surface area (Å²) in [6.07, 6.45) is 7.96. The summed E-state index contributed by atoms with van der Waals surface area (Å²) in [5, 5.41) is 18.4. The molecule has 308 valence electrons. The van der Waals surface area contributed by atoms with Gasteiger partial charge in [-0.3, -0.25) is 19.2 Å². The van der Waals surface area contributed by atoms with E-state index in [4.69, 9.17) is 14.2 Å². The van der Waals surface area contributed by atoms with E-state index >= 15 is 0 Å². The highest BCUT2D eigenvalue weighted by Crippen LogP contribution is 2.46. The minimum atomic E-state index is -0.743. The Hall–Kier alpha value is -5.30. The monoisotopic (exact) mass is 882 g/mol. The Bertz CT molecular complexity index is 2750. The smallest absolute Gasteiger partial charge is 0.309 e. The van der Waals surface area contributed by atoms with Gasteiger partial charge in [-0.05, 0) is 92.0 Å². The van der Waals surface area contributed by atoms with E-state index in [1.165, 1.54) is 40.3 Å². The second kappa shape index (κ2) is 16.6. The number of thiophene rings is 2. The number of carboxylic acids is 1. The summed E-state index contributed by atoms with van der Waals surface area (Å²) in [6, 6.07) is 7.69. The Morgan fingerprint density at radius 3 is 1.68 bits per heavy atom. The average Bonchev–Trinajstić information content (AvgIpc) is 4.01. The molecule has 0 amide bonds. The van der Waals surface area contributed by atoms with Gasteiger partial charge >= 0.3 is 11.9 Å². The maximum absolute atomic E-state index is 12.2. The number of carboxylic acid groups (broad SMARTS) is 1. The van der Waals surface area contributed by atoms with Gasteiger partial charge in [0.2, 0.25) is 0 Å². The van der Waals surface area contributed by atoms with Crippen molar-refractivity contribution in [3.63, 3.8) is 0 Å². The number of aryl methyl sites for hydroxylation is 2. The molecular formula is C42H38N6O8S4. The Balaban J connectivity index is 0.000000154. The van der Waals surface area contributed by atoms with Crippen LogP contribution in [0.5, 0.6) is 11.5 Å². The molecule has 2 aromatic carbocycles. The molecule has 0 bridgehead atoms. The normalized spacial score (nSPS) is 17.6. The summed E-state index contributed by atoms with van der Waals surface area (Å²) in [6.45, 7) is 2.24. The Morgan fingerprint density at radius 1 is 0.733 bits per heavy atom. The van der Waals surface area contributed by atoms with Gasteiger partial charge in [-0.15, -0.1) is 22.7 Å². The first-order chi connectivity index (χ1) is 29.1. The van der Waals surface area contributed by atoms with E-state index in [2.05, 4.69) is 30.6 Å². The van der Waals surface area contributed by atoms with E-state index in [9.17, 15) is 24.3 Å². The van der Waals surface area contributed by atoms with E-state index in [1.807, 2.05) is 31.2 Å². The first-order valence-electron chi connectivity index (χ1n) is 19.4. The molecule has 0 fully saturated rings. The third-order valence-corrected chi connectivity index (χ3v) is 15.3. The fourth-order valence-electron chi connectivity index (χ4n) is 8.17. The van der Waals surface area contributed by atoms with Crippen molar-refractivity contribution >= 4 is 112 Å². The van der Waals surface area contributed by atoms with Crippen molar-refractivity contribution in [2.24, 2.45) is 11.8 Å². The Morgan fingerprint density at radius 2 is 1.22 bits per heavy atom. The number of anilines is 4. The number of hydrogen-bond acceptors (Lipinski definition) is 17. The van der Waals surface area contributed by atoms with Gasteiger partial charge in [0, 0.05) is 32.4 Å². The lowest BCUT2D eigenvalue weighted by atomic mass is 9.88. The molecule has 3 N–H and O–H groups in total. The maximum Gasteiger partial charge on any atom is 0.309 e. The van der Waals surface area contributed by atoms with Crippen LogP contribution in [0.15, 0.2) is 46.7 Å². The molecule has 2 aliphatic heterocycles. The molecule has 0 saturated heterocycles. The summed E-state index contributed by atoms with van der Waals surface area (Å²) in [7, 11) is 3.22. The van der Waals surface area contributed by atoms with E-state index in [-0.39, 0.29) is 28.0 Å². The maximum atomic E-state index is 12.2. The van der Waals surface area contributed by atoms with Gasteiger partial charge in [-0.25, -0.2) is 19.9 Å². The van der Waals surface area contributed by atoms with Crippen LogP contribution < -0.4 is 20.1 Å². The van der Waals surface area contributed by atoms with Crippen molar-refractivity contribution in [2.75, 3.05) is 31.5 Å². The van der Waals surface area contributed by atoms with Crippen LogP contribution in [0, 0.1) is 11.8 Å². The van der Waals surface area contributed by atoms with Gasteiger partial charge in [-0.2, -0.15) is 0 Å². The number of fused-ring (bicyclic) bond motifs is 8. The number of carbonyl (C=O) groups excluding carboxylic acids is 3. The van der Waals surface area contributed by atoms with E-state index in [0.29, 0.717) is 68.3 Å². The highest BCUT2D eigenvalue weighted by Gasteiger charge is 2.32. The lowest BCUT2D eigenvalue weighted by Crippen LogP contribution is -2.23. The molecule has 4 aromatic heterocycles. The lowest BCUT2D eigenvalue weighted by molar-refractivity contribution is -0.148. The summed E-state index contributed by atoms with van der Waals surface area (Å²) in [5.74, 6) is 1.41. The molecule has 0 saturated carbocycles. The predicted molar refractivity (Wildman–Crippen MR) is 232 cm³/mol. The van der Waals surface area contributed by atoms with Crippen LogP contribution in [0.4, 0.5) is 23.0 Å². The average molecular weight is 883 g/mol. The number of carbonyl (C=O) groups is 4. The minimum Gasteiger partial charge on any atom is -0.495 e. The second-order valence-electron chi connectivity index (χ2n) is 14.7. The van der Waals surface area contributed by atoms with Gasteiger partial charge < -0.3 is 30.0 Å². The number of benzene rings is 2. The summed E-state index contributed by atoms with van der Waals surface area (Å²) in [5.41, 5.74) is 5.81. The number of esters is 1. The molecule has 60 heavy (non-hydrogen) atoms. The Labute approximate surface area is 360 Å². The summed E-state index contributed by atoms with van der Waals surface area (Å²) in [4.78, 5) is 71.0. The van der Waals surface area contributed by atoms with Crippen molar-refractivity contribution in [3.05, 3.63) is 68.9 Å². The lowest BCUT2D eigenvalue weighted by Gasteiger charge is -2.21. The number of ether oxygens (including phenoxy) is 3. The SMILES string of the molecule is CCOC(=O)C1CCc2c(sc3ncnc(Nc4cc5c(cc4OC)CC(=O)S5)c23)C1.COc1cc2c(cc1Nc1ncnc3sc4c(c13)CCC(C(=O)O)C4)SC(=O)C2. The van der Waals surface area contributed by atoms with Gasteiger partial charge in [0.1, 0.15) is 45.5 Å². The number of methoxy groups -OCH3 is 2. The molecule has 2 aliphatic carbocycles. The highest BCUT2D eigenvalue weighted by atomic mass is 32.2. The molecule has 0 radical (unpaired) electrons. The molecule has 2 atom stereocenters. The molecule has 10 rings (SSSR count). The number of aliphatic carboxylic acids is 1. The number of rotatable bonds is 9. The zero-order valence-corrected chi connectivity index (χ0v) is 36.0. The summed E-state index contributed by atoms with van der Waals surface area (Å²) < 4.78 is 16.3. The molecule has 6 heterocycles. The quantitative estimate of drug-likeness (QED) is 0.118. The third kappa shape index (κ3) is 7.65. The van der Waals surface area contributed by atoms with Crippen molar-refractivity contribution in [2.45, 2.75) is 68.1 Å². The van der Waals surface area contributed by atoms with Crippen LogP contribution in [0.2, 0.25) is 0 Å². The van der Waals surface area contributed by atoms with Crippen LogP contribution in [0.1, 0.15) is 51.8 Å². The van der Waals surface area contributed by atoms with Gasteiger partial charge in [0.05, 0.1) is 54.8 Å². The van der Waals surface area contributed by atoms with Gasteiger partial charge in [0.25, 0.3) is 0 Å². The topological polar surface area (TPSA) is 192 Å². The van der Waals surface area contributed by atoms with E-state index in [0.717, 1.165) is 76.0 Å². The van der Waals surface area contributed by atoms with Gasteiger partial charge in [0.15, 0.2) is 10.2 Å². The zero-order chi connectivity index (χ0) is 41.7. The van der Waals surface area contributed by atoms with Crippen LogP contribution in [0.3, 0.4) is 0 Å². The molecule has 0 spiro atoms. The van der Waals surface area contributed by atoms with Crippen LogP contribution in [0.25, 0.3) is 20.4 Å². The number of nitrogens with one attached hydrogen (secondary N) is 2. The molecule has 6 aromatic rings. The summed E-state index contributed by atoms with van der Waals surface area (Å²) >= 11 is 5.66. The van der Waals surface area contributed by atoms with Crippen molar-refractivity contribution in [1.82, 2.24) is 19.9 Å². The molecular weight excluding hydrogens is 845 g/mol. The standard InChI is InChI=1S/C22H21N3O4S2.C20H17N3O4S2/c1-3-29-22(27)11-4-5-13-17(7-11)31-21-19(13)20(23-10-24-21)25-14-9-16-12(6-15(14)28-2)8-18(26)30-16;1-27-13-4-10-6-16(24)28-14(10)7-12(13)23-18-17-11-3-2-9(20(25)26)5-15(11)29-19(17)22-8-21-18/h6,9-11H,3-5,7-8H2,1-2H3,(H,23,24,25);4,7-9H,2-3,5-6H2,1H3,(H,25,26)(H,21,22,23). The fraction of sp³-hybridized carbons (Fsp3) is 0.333. The predicted octanol–water partition coefficient (Wildman–Crippen LogP) is 8.09. The molecule has 4 aliphatic rings. The van der Waals surface area contributed by atoms with Crippen LogP contribution in [-0.2, 0) is 62.4 Å². The molecule has 2 unspecified atom stereocenters. The number of nitrogens with zero attached hydrogens (tertiary/aromatic N) is 4. The van der Waals surface area contributed by atoms with Gasteiger partial charge in [-0.1, -0.05) is 23.5 Å². The first kappa shape index (κ1) is 40.1. The van der Waals surface area contributed by atoms with E-state index < -0.39 is 5.97 Å². The van der Waals surface area contributed by atoms with Crippen LogP contribution in [-0.4, -0.2) is 68.0 Å². The molecule has 18 heteroatoms. The first-order valence-corrected chi connectivity index (χ1v) is 22.6. The molecule has 14 nitrogen and oxygen atoms in total. The fourth-order valence-corrected chi connectivity index (χ4v) is 12.5. The van der Waals surface area contributed by atoms with E-state index in [1.54, 1.807) is 43.2 Å². The van der Waals surface area contributed by atoms with Crippen LogP contribution >= 0.6 is 46.2 Å². The second-order valence-corrected chi connectivity index (χ2v) is 19.0. The number of hydrogen-bond donors (Lipinski definition) is 3. The van der Waals surface area contributed by atoms with Crippen molar-refractivity contribution in [3.8, 4) is 11.5 Å². The number of thioether (sulfide) groups is 2. The third-order valence-electron chi connectivity index (χ3n) is 11.0. The highest BCUT2D eigenvalue weighted by molar-refractivity contribution is 8.14.